The number of rotatable bonds is 7. The van der Waals surface area contributed by atoms with Crippen LogP contribution in [0.25, 0.3) is 22.4 Å². The number of ether oxygens (including phenoxy) is 3. The molecular formula is C24H19NO6. The van der Waals surface area contributed by atoms with Crippen LogP contribution in [0.15, 0.2) is 71.3 Å². The van der Waals surface area contributed by atoms with E-state index in [0.717, 1.165) is 0 Å². The smallest absolute Gasteiger partial charge is 0.339 e. The number of hydrogen-bond donors (Lipinski definition) is 0. The molecule has 0 spiro atoms. The fourth-order valence-corrected chi connectivity index (χ4v) is 3.21. The van der Waals surface area contributed by atoms with Gasteiger partial charge < -0.3 is 18.6 Å². The van der Waals surface area contributed by atoms with Gasteiger partial charge in [-0.05, 0) is 36.4 Å². The SMILES string of the molecule is COc1ccc(C(=O)COC(=O)c2cc(-c3ccco3)nc3ccccc23)c(OC)c1. The van der Waals surface area contributed by atoms with E-state index < -0.39 is 18.4 Å². The number of aromatic nitrogens is 1. The molecule has 0 atom stereocenters. The lowest BCUT2D eigenvalue weighted by Crippen LogP contribution is -2.15. The molecule has 0 amide bonds. The molecule has 7 heteroatoms. The zero-order chi connectivity index (χ0) is 21.8. The minimum absolute atomic E-state index is 0.298. The van der Waals surface area contributed by atoms with Crippen LogP contribution in [0.3, 0.4) is 0 Å². The minimum atomic E-state index is -0.632. The topological polar surface area (TPSA) is 87.9 Å². The van der Waals surface area contributed by atoms with E-state index in [-0.39, 0.29) is 0 Å². The first-order valence-electron chi connectivity index (χ1n) is 9.46. The van der Waals surface area contributed by atoms with Crippen molar-refractivity contribution in [3.05, 3.63) is 78.1 Å². The van der Waals surface area contributed by atoms with Gasteiger partial charge in [-0.1, -0.05) is 18.2 Å². The number of methoxy groups -OCH3 is 2. The Kier molecular flexibility index (Phi) is 5.66. The van der Waals surface area contributed by atoms with E-state index in [1.807, 2.05) is 6.07 Å². The van der Waals surface area contributed by atoms with Gasteiger partial charge in [0.25, 0.3) is 0 Å². The van der Waals surface area contributed by atoms with E-state index in [1.54, 1.807) is 54.6 Å². The Morgan fingerprint density at radius 2 is 1.77 bits per heavy atom. The number of hydrogen-bond acceptors (Lipinski definition) is 7. The van der Waals surface area contributed by atoms with Gasteiger partial charge in [-0.25, -0.2) is 9.78 Å². The number of nitrogens with zero attached hydrogens (tertiary/aromatic N) is 1. The summed E-state index contributed by atoms with van der Waals surface area (Å²) in [6.45, 7) is -0.436. The van der Waals surface area contributed by atoms with Gasteiger partial charge in [0.1, 0.15) is 17.2 Å². The second-order valence-electron chi connectivity index (χ2n) is 6.62. The number of furan rings is 1. The van der Waals surface area contributed by atoms with Crippen molar-refractivity contribution in [2.45, 2.75) is 0 Å². The fraction of sp³-hybridized carbons (Fsp3) is 0.125. The van der Waals surface area contributed by atoms with Crippen molar-refractivity contribution in [1.29, 1.82) is 0 Å². The van der Waals surface area contributed by atoms with E-state index in [4.69, 9.17) is 18.6 Å². The van der Waals surface area contributed by atoms with Crippen molar-refractivity contribution < 1.29 is 28.2 Å². The van der Waals surface area contributed by atoms with Gasteiger partial charge >= 0.3 is 5.97 Å². The molecule has 7 nitrogen and oxygen atoms in total. The van der Waals surface area contributed by atoms with Crippen molar-refractivity contribution >= 4 is 22.7 Å². The first kappa shape index (κ1) is 20.2. The largest absolute Gasteiger partial charge is 0.497 e. The molecule has 0 radical (unpaired) electrons. The van der Waals surface area contributed by atoms with Crippen LogP contribution in [-0.2, 0) is 4.74 Å². The zero-order valence-electron chi connectivity index (χ0n) is 17.0. The van der Waals surface area contributed by atoms with E-state index in [2.05, 4.69) is 4.98 Å². The highest BCUT2D eigenvalue weighted by atomic mass is 16.5. The Balaban J connectivity index is 1.60. The lowest BCUT2D eigenvalue weighted by molar-refractivity contribution is 0.0476. The number of fused-ring (bicyclic) bond motifs is 1. The van der Waals surface area contributed by atoms with Crippen molar-refractivity contribution in [3.63, 3.8) is 0 Å². The van der Waals surface area contributed by atoms with Crippen LogP contribution >= 0.6 is 0 Å². The molecule has 0 unspecified atom stereocenters. The van der Waals surface area contributed by atoms with E-state index in [0.29, 0.717) is 45.0 Å². The predicted molar refractivity (Wildman–Crippen MR) is 114 cm³/mol. The average Bonchev–Trinajstić information content (AvgIpc) is 3.36. The molecule has 4 rings (SSSR count). The number of ketones is 1. The standard InChI is InChI=1S/C24H19NO6/c1-28-15-9-10-17(23(12-15)29-2)21(26)14-31-24(27)18-13-20(22-8-5-11-30-22)25-19-7-4-3-6-16(18)19/h3-13H,14H2,1-2H3. The summed E-state index contributed by atoms with van der Waals surface area (Å²) in [5.41, 5.74) is 1.71. The van der Waals surface area contributed by atoms with E-state index in [9.17, 15) is 9.59 Å². The Bertz CT molecular complexity index is 1250. The summed E-state index contributed by atoms with van der Waals surface area (Å²) in [5.74, 6) is 0.400. The van der Waals surface area contributed by atoms with Crippen LogP contribution in [0.2, 0.25) is 0 Å². The summed E-state index contributed by atoms with van der Waals surface area (Å²) < 4.78 is 21.2. The number of esters is 1. The molecule has 0 aliphatic carbocycles. The van der Waals surface area contributed by atoms with Crippen molar-refractivity contribution in [3.8, 4) is 23.0 Å². The third kappa shape index (κ3) is 4.11. The minimum Gasteiger partial charge on any atom is -0.497 e. The monoisotopic (exact) mass is 417 g/mol. The summed E-state index contributed by atoms with van der Waals surface area (Å²) in [6, 6.07) is 17.1. The zero-order valence-corrected chi connectivity index (χ0v) is 17.0. The quantitative estimate of drug-likeness (QED) is 0.322. The van der Waals surface area contributed by atoms with E-state index in [1.165, 1.54) is 20.5 Å². The molecule has 0 aliphatic rings. The van der Waals surface area contributed by atoms with Crippen LogP contribution in [0, 0.1) is 0 Å². The second-order valence-corrected chi connectivity index (χ2v) is 6.62. The molecule has 0 bridgehead atoms. The molecule has 2 heterocycles. The maximum Gasteiger partial charge on any atom is 0.339 e. The molecule has 0 aliphatic heterocycles. The fourth-order valence-electron chi connectivity index (χ4n) is 3.21. The van der Waals surface area contributed by atoms with Crippen molar-refractivity contribution in [2.24, 2.45) is 0 Å². The lowest BCUT2D eigenvalue weighted by atomic mass is 10.1. The Morgan fingerprint density at radius 3 is 2.52 bits per heavy atom. The summed E-state index contributed by atoms with van der Waals surface area (Å²) in [7, 11) is 2.98. The van der Waals surface area contributed by atoms with Gasteiger partial charge in [-0.15, -0.1) is 0 Å². The molecule has 0 saturated carbocycles. The van der Waals surface area contributed by atoms with Gasteiger partial charge in [0, 0.05) is 11.5 Å². The van der Waals surface area contributed by atoms with Gasteiger partial charge in [0.2, 0.25) is 5.78 Å². The summed E-state index contributed by atoms with van der Waals surface area (Å²) in [4.78, 5) is 30.1. The first-order chi connectivity index (χ1) is 15.1. The van der Waals surface area contributed by atoms with Gasteiger partial charge in [0.05, 0.1) is 37.1 Å². The van der Waals surface area contributed by atoms with Crippen molar-refractivity contribution in [1.82, 2.24) is 4.98 Å². The van der Waals surface area contributed by atoms with Crippen molar-refractivity contribution in [2.75, 3.05) is 20.8 Å². The number of Topliss-reactive ketones (excluding diaryl/α,β-unsaturated/α-hetero) is 1. The Hall–Kier alpha value is -4.13. The van der Waals surface area contributed by atoms with Crippen LogP contribution in [0.5, 0.6) is 11.5 Å². The number of carbonyl (C=O) groups is 2. The predicted octanol–water partition coefficient (Wildman–Crippen LogP) is 4.55. The third-order valence-corrected chi connectivity index (χ3v) is 4.75. The molecule has 0 saturated heterocycles. The summed E-state index contributed by atoms with van der Waals surface area (Å²) in [5, 5.41) is 0.622. The molecule has 4 aromatic rings. The molecular weight excluding hydrogens is 398 g/mol. The average molecular weight is 417 g/mol. The molecule has 2 aromatic heterocycles. The first-order valence-corrected chi connectivity index (χ1v) is 9.46. The maximum atomic E-state index is 12.9. The summed E-state index contributed by atoms with van der Waals surface area (Å²) in [6.07, 6.45) is 1.53. The Labute approximate surface area is 178 Å². The van der Waals surface area contributed by atoms with Gasteiger partial charge in [0.15, 0.2) is 12.4 Å². The number of carbonyl (C=O) groups excluding carboxylic acids is 2. The number of pyridine rings is 1. The summed E-state index contributed by atoms with van der Waals surface area (Å²) >= 11 is 0. The van der Waals surface area contributed by atoms with Gasteiger partial charge in [-0.2, -0.15) is 0 Å². The molecule has 31 heavy (non-hydrogen) atoms. The van der Waals surface area contributed by atoms with Gasteiger partial charge in [-0.3, -0.25) is 4.79 Å². The van der Waals surface area contributed by atoms with Crippen LogP contribution < -0.4 is 9.47 Å². The molecule has 2 aromatic carbocycles. The lowest BCUT2D eigenvalue weighted by Gasteiger charge is -2.11. The third-order valence-electron chi connectivity index (χ3n) is 4.75. The Morgan fingerprint density at radius 1 is 0.935 bits per heavy atom. The van der Waals surface area contributed by atoms with Crippen LogP contribution in [-0.4, -0.2) is 37.6 Å². The van der Waals surface area contributed by atoms with Crippen LogP contribution in [0.1, 0.15) is 20.7 Å². The second kappa shape index (κ2) is 8.71. The highest BCUT2D eigenvalue weighted by Gasteiger charge is 2.19. The molecule has 0 fully saturated rings. The van der Waals surface area contributed by atoms with Crippen LogP contribution in [0.4, 0.5) is 0 Å². The number of benzene rings is 2. The van der Waals surface area contributed by atoms with E-state index >= 15 is 0 Å². The highest BCUT2D eigenvalue weighted by molar-refractivity contribution is 6.06. The maximum absolute atomic E-state index is 12.9. The number of para-hydroxylation sites is 1. The highest BCUT2D eigenvalue weighted by Crippen LogP contribution is 2.27. The molecule has 156 valence electrons. The molecule has 0 N–H and O–H groups in total. The normalized spacial score (nSPS) is 10.6.